The van der Waals surface area contributed by atoms with Crippen molar-refractivity contribution in [1.82, 2.24) is 0 Å². The third-order valence-corrected chi connectivity index (χ3v) is 3.51. The molecule has 19 heavy (non-hydrogen) atoms. The Balaban J connectivity index is 2.28. The van der Waals surface area contributed by atoms with Gasteiger partial charge in [0.1, 0.15) is 0 Å². The first-order valence-electron chi connectivity index (χ1n) is 7.06. The van der Waals surface area contributed by atoms with Crippen LogP contribution in [0, 0.1) is 5.92 Å². The summed E-state index contributed by atoms with van der Waals surface area (Å²) in [7, 11) is 0. The molecule has 100 valence electrons. The van der Waals surface area contributed by atoms with E-state index in [0.29, 0.717) is 11.8 Å². The van der Waals surface area contributed by atoms with Gasteiger partial charge in [0.2, 0.25) is 0 Å². The molecule has 1 atom stereocenters. The van der Waals surface area contributed by atoms with Gasteiger partial charge in [0.05, 0.1) is 0 Å². The van der Waals surface area contributed by atoms with Crippen LogP contribution in [0.5, 0.6) is 0 Å². The van der Waals surface area contributed by atoms with Gasteiger partial charge in [-0.05, 0) is 41.5 Å². The van der Waals surface area contributed by atoms with Crippen LogP contribution in [-0.2, 0) is 0 Å². The van der Waals surface area contributed by atoms with E-state index in [0.717, 1.165) is 13.0 Å². The minimum atomic E-state index is 0.462. The van der Waals surface area contributed by atoms with Crippen LogP contribution in [0.2, 0.25) is 0 Å². The van der Waals surface area contributed by atoms with Crippen LogP contribution in [0.4, 0.5) is 0 Å². The Bertz CT molecular complexity index is 502. The molecular formula is C18H23N. The zero-order valence-electron chi connectivity index (χ0n) is 11.8. The van der Waals surface area contributed by atoms with Gasteiger partial charge in [-0.3, -0.25) is 0 Å². The smallest absolute Gasteiger partial charge is 0.000813 e. The Morgan fingerprint density at radius 2 is 1.58 bits per heavy atom. The molecule has 2 aromatic carbocycles. The van der Waals surface area contributed by atoms with E-state index in [4.69, 9.17) is 5.73 Å². The summed E-state index contributed by atoms with van der Waals surface area (Å²) in [5.41, 5.74) is 9.85. The summed E-state index contributed by atoms with van der Waals surface area (Å²) in [5, 5.41) is 0. The predicted molar refractivity (Wildman–Crippen MR) is 83.1 cm³/mol. The number of hydrogen-bond acceptors (Lipinski definition) is 1. The van der Waals surface area contributed by atoms with Gasteiger partial charge in [-0.25, -0.2) is 0 Å². The van der Waals surface area contributed by atoms with Gasteiger partial charge in [0.25, 0.3) is 0 Å². The van der Waals surface area contributed by atoms with E-state index in [9.17, 15) is 0 Å². The summed E-state index contributed by atoms with van der Waals surface area (Å²) in [6.07, 6.45) is 1.15. The second-order valence-corrected chi connectivity index (χ2v) is 5.55. The first kappa shape index (κ1) is 13.8. The third kappa shape index (κ3) is 3.68. The summed E-state index contributed by atoms with van der Waals surface area (Å²) in [6.45, 7) is 5.23. The van der Waals surface area contributed by atoms with Gasteiger partial charge in [-0.2, -0.15) is 0 Å². The largest absolute Gasteiger partial charge is 0.330 e. The van der Waals surface area contributed by atoms with Gasteiger partial charge < -0.3 is 5.73 Å². The van der Waals surface area contributed by atoms with Gasteiger partial charge in [0.15, 0.2) is 0 Å². The van der Waals surface area contributed by atoms with E-state index in [1.54, 1.807) is 0 Å². The fourth-order valence-corrected chi connectivity index (χ4v) is 2.54. The summed E-state index contributed by atoms with van der Waals surface area (Å²) in [6, 6.07) is 19.3. The monoisotopic (exact) mass is 253 g/mol. The Morgan fingerprint density at radius 1 is 0.895 bits per heavy atom. The van der Waals surface area contributed by atoms with Crippen molar-refractivity contribution in [3.63, 3.8) is 0 Å². The van der Waals surface area contributed by atoms with Crippen molar-refractivity contribution in [2.75, 3.05) is 6.54 Å². The molecule has 0 heterocycles. The Labute approximate surface area is 116 Å². The van der Waals surface area contributed by atoms with Crippen LogP contribution in [-0.4, -0.2) is 6.54 Å². The first-order chi connectivity index (χ1) is 9.20. The van der Waals surface area contributed by atoms with Crippen molar-refractivity contribution in [3.05, 3.63) is 60.2 Å². The van der Waals surface area contributed by atoms with Crippen LogP contribution in [0.25, 0.3) is 11.1 Å². The summed E-state index contributed by atoms with van der Waals surface area (Å²) < 4.78 is 0. The molecule has 0 amide bonds. The lowest BCUT2D eigenvalue weighted by atomic mass is 9.89. The van der Waals surface area contributed by atoms with E-state index in [-0.39, 0.29) is 0 Å². The fourth-order valence-electron chi connectivity index (χ4n) is 2.54. The Hall–Kier alpha value is -1.60. The lowest BCUT2D eigenvalue weighted by Gasteiger charge is -2.18. The second kappa shape index (κ2) is 6.53. The van der Waals surface area contributed by atoms with Crippen molar-refractivity contribution in [1.29, 1.82) is 0 Å². The van der Waals surface area contributed by atoms with Gasteiger partial charge in [0, 0.05) is 0 Å². The lowest BCUT2D eigenvalue weighted by Crippen LogP contribution is -2.14. The van der Waals surface area contributed by atoms with Crippen LogP contribution >= 0.6 is 0 Å². The van der Waals surface area contributed by atoms with Gasteiger partial charge in [-0.15, -0.1) is 0 Å². The second-order valence-electron chi connectivity index (χ2n) is 5.55. The average Bonchev–Trinajstić information content (AvgIpc) is 2.45. The summed E-state index contributed by atoms with van der Waals surface area (Å²) >= 11 is 0. The molecule has 2 rings (SSSR count). The molecule has 0 spiro atoms. The Kier molecular flexibility index (Phi) is 4.75. The van der Waals surface area contributed by atoms with Crippen LogP contribution in [0.1, 0.15) is 31.7 Å². The molecule has 1 heteroatoms. The highest BCUT2D eigenvalue weighted by Gasteiger charge is 2.12. The number of rotatable bonds is 5. The molecular weight excluding hydrogens is 230 g/mol. The molecule has 0 radical (unpaired) electrons. The number of nitrogens with two attached hydrogens (primary N) is 1. The van der Waals surface area contributed by atoms with E-state index in [2.05, 4.69) is 68.4 Å². The molecule has 0 saturated heterocycles. The van der Waals surface area contributed by atoms with E-state index in [1.165, 1.54) is 16.7 Å². The van der Waals surface area contributed by atoms with Gasteiger partial charge >= 0.3 is 0 Å². The zero-order valence-corrected chi connectivity index (χ0v) is 11.8. The highest BCUT2D eigenvalue weighted by atomic mass is 14.5. The maximum absolute atomic E-state index is 5.94. The van der Waals surface area contributed by atoms with Crippen molar-refractivity contribution >= 4 is 0 Å². The van der Waals surface area contributed by atoms with Crippen LogP contribution in [0.15, 0.2) is 54.6 Å². The molecule has 0 aliphatic heterocycles. The Morgan fingerprint density at radius 3 is 2.21 bits per heavy atom. The summed E-state index contributed by atoms with van der Waals surface area (Å²) in [5.74, 6) is 1.14. The maximum Gasteiger partial charge on any atom is -0.000813 e. The van der Waals surface area contributed by atoms with E-state index < -0.39 is 0 Å². The van der Waals surface area contributed by atoms with Crippen molar-refractivity contribution in [2.24, 2.45) is 11.7 Å². The minimum Gasteiger partial charge on any atom is -0.330 e. The lowest BCUT2D eigenvalue weighted by molar-refractivity contribution is 0.504. The molecule has 2 aromatic rings. The molecule has 1 nitrogen and oxygen atoms in total. The number of benzene rings is 2. The van der Waals surface area contributed by atoms with Crippen molar-refractivity contribution in [3.8, 4) is 11.1 Å². The standard InChI is InChI=1S/C18H23N/c1-14(2)11-18(13-19)17-10-6-9-16(12-17)15-7-4-3-5-8-15/h3-10,12,14,18H,11,13,19H2,1-2H3/t18-/m0/s1. The number of hydrogen-bond donors (Lipinski definition) is 1. The first-order valence-corrected chi connectivity index (χ1v) is 7.06. The summed E-state index contributed by atoms with van der Waals surface area (Å²) in [4.78, 5) is 0. The third-order valence-electron chi connectivity index (χ3n) is 3.51. The van der Waals surface area contributed by atoms with E-state index >= 15 is 0 Å². The average molecular weight is 253 g/mol. The van der Waals surface area contributed by atoms with Crippen LogP contribution in [0.3, 0.4) is 0 Å². The molecule has 0 unspecified atom stereocenters. The maximum atomic E-state index is 5.94. The van der Waals surface area contributed by atoms with Crippen molar-refractivity contribution in [2.45, 2.75) is 26.2 Å². The highest BCUT2D eigenvalue weighted by Crippen LogP contribution is 2.27. The SMILES string of the molecule is CC(C)C[C@@H](CN)c1cccc(-c2ccccc2)c1. The minimum absolute atomic E-state index is 0.462. The highest BCUT2D eigenvalue weighted by molar-refractivity contribution is 5.64. The molecule has 0 fully saturated rings. The zero-order chi connectivity index (χ0) is 13.7. The predicted octanol–water partition coefficient (Wildman–Crippen LogP) is 4.44. The normalized spacial score (nSPS) is 12.6. The quantitative estimate of drug-likeness (QED) is 0.837. The topological polar surface area (TPSA) is 26.0 Å². The molecule has 0 aromatic heterocycles. The van der Waals surface area contributed by atoms with E-state index in [1.807, 2.05) is 0 Å². The molecule has 0 aliphatic rings. The van der Waals surface area contributed by atoms with Gasteiger partial charge in [-0.1, -0.05) is 68.4 Å². The molecule has 0 aliphatic carbocycles. The molecule has 0 bridgehead atoms. The van der Waals surface area contributed by atoms with Crippen molar-refractivity contribution < 1.29 is 0 Å². The molecule has 0 saturated carbocycles. The molecule has 2 N–H and O–H groups in total. The fraction of sp³-hybridized carbons (Fsp3) is 0.333. The van der Waals surface area contributed by atoms with Crippen LogP contribution < -0.4 is 5.73 Å².